The first-order valence-electron chi connectivity index (χ1n) is 3.96. The highest BCUT2D eigenvalue weighted by Crippen LogP contribution is 2.21. The molecular weight excluding hydrogens is 145 g/mol. The zero-order chi connectivity index (χ0) is 7.56. The van der Waals surface area contributed by atoms with E-state index in [0.29, 0.717) is 6.04 Å². The van der Waals surface area contributed by atoms with Crippen LogP contribution in [0.15, 0.2) is 0 Å². The van der Waals surface area contributed by atoms with Crippen LogP contribution < -0.4 is 0 Å². The highest BCUT2D eigenvalue weighted by atomic mass is 19.0. The zero-order valence-electron chi connectivity index (χ0n) is 7.54. The van der Waals surface area contributed by atoms with E-state index in [1.807, 2.05) is 0 Å². The van der Waals surface area contributed by atoms with E-state index in [0.717, 1.165) is 12.6 Å². The lowest BCUT2D eigenvalue weighted by Crippen LogP contribution is -2.33. The summed E-state index contributed by atoms with van der Waals surface area (Å²) < 4.78 is 5.10. The van der Waals surface area contributed by atoms with Gasteiger partial charge in [-0.1, -0.05) is 0 Å². The van der Waals surface area contributed by atoms with Crippen LogP contribution in [0.1, 0.15) is 19.8 Å². The Hall–Kier alpha value is -0.150. The molecule has 0 aliphatic carbocycles. The fourth-order valence-electron chi connectivity index (χ4n) is 1.59. The number of halogens is 1. The van der Waals surface area contributed by atoms with Gasteiger partial charge in [-0.25, -0.2) is 0 Å². The molecular formula is C8H18FNO. The molecule has 0 aromatic rings. The van der Waals surface area contributed by atoms with Crippen molar-refractivity contribution in [3.05, 3.63) is 0 Å². The molecule has 1 fully saturated rings. The highest BCUT2D eigenvalue weighted by molar-refractivity contribution is 4.81. The third kappa shape index (κ3) is 2.42. The molecule has 0 radical (unpaired) electrons. The van der Waals surface area contributed by atoms with E-state index in [1.54, 1.807) is 7.11 Å². The average Bonchev–Trinajstić information content (AvgIpc) is 2.20. The van der Waals surface area contributed by atoms with Crippen molar-refractivity contribution in [3.8, 4) is 0 Å². The van der Waals surface area contributed by atoms with Gasteiger partial charge in [-0.2, -0.15) is 0 Å². The normalized spacial score (nSPS) is 31.9. The summed E-state index contributed by atoms with van der Waals surface area (Å²) in [6.07, 6.45) is 2.62. The van der Waals surface area contributed by atoms with E-state index in [2.05, 4.69) is 18.9 Å². The lowest BCUT2D eigenvalue weighted by atomic mass is 10.2. The maximum Gasteiger partial charge on any atom is 0.0618 e. The van der Waals surface area contributed by atoms with Gasteiger partial charge in [0, 0.05) is 19.2 Å². The number of ether oxygens (including phenoxy) is 1. The molecule has 1 aliphatic rings. The summed E-state index contributed by atoms with van der Waals surface area (Å²) in [5.74, 6) is 0. The fourth-order valence-corrected chi connectivity index (χ4v) is 1.59. The molecule has 0 aromatic carbocycles. The molecule has 1 heterocycles. The van der Waals surface area contributed by atoms with Gasteiger partial charge in [-0.15, -0.1) is 0 Å². The molecule has 2 nitrogen and oxygen atoms in total. The number of likely N-dealkylation sites (N-methyl/N-ethyl adjacent to an activating group) is 1. The van der Waals surface area contributed by atoms with Gasteiger partial charge in [-0.3, -0.25) is 9.60 Å². The van der Waals surface area contributed by atoms with Crippen molar-refractivity contribution in [1.29, 1.82) is 0 Å². The van der Waals surface area contributed by atoms with Crippen LogP contribution in [0.5, 0.6) is 0 Å². The number of hydrogen-bond acceptors (Lipinski definition) is 2. The van der Waals surface area contributed by atoms with Gasteiger partial charge in [-0.05, 0) is 26.8 Å². The van der Waals surface area contributed by atoms with E-state index in [1.165, 1.54) is 12.8 Å². The fraction of sp³-hybridized carbons (Fsp3) is 1.00. The van der Waals surface area contributed by atoms with E-state index in [4.69, 9.17) is 4.74 Å². The third-order valence-electron chi connectivity index (χ3n) is 2.55. The van der Waals surface area contributed by atoms with Crippen molar-refractivity contribution in [3.63, 3.8) is 0 Å². The molecule has 2 atom stereocenters. The summed E-state index contributed by atoms with van der Waals surface area (Å²) in [6.45, 7) is 3.16. The largest absolute Gasteiger partial charge is 0.383 e. The maximum absolute atomic E-state index is 5.10. The van der Waals surface area contributed by atoms with E-state index < -0.39 is 0 Å². The minimum absolute atomic E-state index is 0. The van der Waals surface area contributed by atoms with E-state index >= 15 is 0 Å². The molecule has 11 heavy (non-hydrogen) atoms. The molecule has 0 amide bonds. The second-order valence-electron chi connectivity index (χ2n) is 3.20. The number of nitrogens with zero attached hydrogens (tertiary/aromatic N) is 1. The minimum Gasteiger partial charge on any atom is -0.383 e. The van der Waals surface area contributed by atoms with Crippen LogP contribution >= 0.6 is 0 Å². The lowest BCUT2D eigenvalue weighted by molar-refractivity contribution is 0.117. The Morgan fingerprint density at radius 3 is 2.45 bits per heavy atom. The Kier molecular flexibility index (Phi) is 4.61. The highest BCUT2D eigenvalue weighted by Gasteiger charge is 2.26. The van der Waals surface area contributed by atoms with Crippen LogP contribution in [0.4, 0.5) is 4.70 Å². The predicted octanol–water partition coefficient (Wildman–Crippen LogP) is 1.27. The SMILES string of the molecule is COC[C@@H]1CC[C@@H](C)N1C.F. The van der Waals surface area contributed by atoms with Crippen LogP contribution in [-0.2, 0) is 4.74 Å². The van der Waals surface area contributed by atoms with Crippen molar-refractivity contribution in [1.82, 2.24) is 4.90 Å². The van der Waals surface area contributed by atoms with Crippen molar-refractivity contribution >= 4 is 0 Å². The van der Waals surface area contributed by atoms with E-state index in [9.17, 15) is 0 Å². The standard InChI is InChI=1S/C8H17NO.FH/c1-7-4-5-8(6-10-3)9(7)2;/h7-8H,4-6H2,1-3H3;1H/t7-,8+;/m1./s1. The summed E-state index contributed by atoms with van der Waals surface area (Å²) >= 11 is 0. The van der Waals surface area contributed by atoms with Gasteiger partial charge in [0.05, 0.1) is 6.61 Å². The van der Waals surface area contributed by atoms with Gasteiger partial charge in [0.1, 0.15) is 0 Å². The van der Waals surface area contributed by atoms with Gasteiger partial charge in [0.25, 0.3) is 0 Å². The Bertz CT molecular complexity index is 108. The van der Waals surface area contributed by atoms with Crippen LogP contribution in [0, 0.1) is 0 Å². The average molecular weight is 163 g/mol. The van der Waals surface area contributed by atoms with Crippen molar-refractivity contribution in [2.24, 2.45) is 0 Å². The minimum atomic E-state index is 0. The smallest absolute Gasteiger partial charge is 0.0618 e. The molecule has 0 unspecified atom stereocenters. The third-order valence-corrected chi connectivity index (χ3v) is 2.55. The molecule has 0 N–H and O–H groups in total. The Balaban J connectivity index is 0.000001000. The summed E-state index contributed by atoms with van der Waals surface area (Å²) in [5.41, 5.74) is 0. The quantitative estimate of drug-likeness (QED) is 0.608. The van der Waals surface area contributed by atoms with E-state index in [-0.39, 0.29) is 4.70 Å². The summed E-state index contributed by atoms with van der Waals surface area (Å²) in [7, 11) is 3.96. The number of rotatable bonds is 2. The first-order valence-corrected chi connectivity index (χ1v) is 3.96. The van der Waals surface area contributed by atoms with Crippen LogP contribution in [0.2, 0.25) is 0 Å². The molecule has 0 spiro atoms. The molecule has 0 aromatic heterocycles. The second-order valence-corrected chi connectivity index (χ2v) is 3.20. The molecule has 68 valence electrons. The van der Waals surface area contributed by atoms with Crippen molar-refractivity contribution in [2.45, 2.75) is 31.8 Å². The zero-order valence-corrected chi connectivity index (χ0v) is 7.54. The Morgan fingerprint density at radius 1 is 1.45 bits per heavy atom. The summed E-state index contributed by atoms with van der Waals surface area (Å²) in [6, 6.07) is 1.42. The van der Waals surface area contributed by atoms with Gasteiger partial charge in [0.2, 0.25) is 0 Å². The Labute approximate surface area is 67.9 Å². The topological polar surface area (TPSA) is 12.5 Å². The molecule has 1 rings (SSSR count). The Morgan fingerprint density at radius 2 is 2.09 bits per heavy atom. The van der Waals surface area contributed by atoms with Gasteiger partial charge >= 0.3 is 0 Å². The maximum atomic E-state index is 5.10. The molecule has 0 saturated carbocycles. The molecule has 1 saturated heterocycles. The molecule has 0 bridgehead atoms. The first kappa shape index (κ1) is 10.8. The van der Waals surface area contributed by atoms with Crippen LogP contribution in [0.3, 0.4) is 0 Å². The molecule has 3 heteroatoms. The van der Waals surface area contributed by atoms with Crippen LogP contribution in [-0.4, -0.2) is 37.7 Å². The lowest BCUT2D eigenvalue weighted by Gasteiger charge is -2.22. The van der Waals surface area contributed by atoms with Crippen LogP contribution in [0.25, 0.3) is 0 Å². The van der Waals surface area contributed by atoms with Crippen molar-refractivity contribution in [2.75, 3.05) is 20.8 Å². The number of likely N-dealkylation sites (tertiary alicyclic amines) is 1. The van der Waals surface area contributed by atoms with Crippen molar-refractivity contribution < 1.29 is 9.44 Å². The monoisotopic (exact) mass is 163 g/mol. The number of methoxy groups -OCH3 is 1. The number of hydrogen-bond donors (Lipinski definition) is 0. The molecule has 1 aliphatic heterocycles. The van der Waals surface area contributed by atoms with Gasteiger partial charge < -0.3 is 4.74 Å². The predicted molar refractivity (Wildman–Crippen MR) is 44.6 cm³/mol. The first-order chi connectivity index (χ1) is 4.75. The van der Waals surface area contributed by atoms with Gasteiger partial charge in [0.15, 0.2) is 0 Å². The summed E-state index contributed by atoms with van der Waals surface area (Å²) in [5, 5.41) is 0. The summed E-state index contributed by atoms with van der Waals surface area (Å²) in [4.78, 5) is 2.41. The second kappa shape index (κ2) is 4.67.